The molecule has 1 aromatic rings. The zero-order valence-corrected chi connectivity index (χ0v) is 7.76. The summed E-state index contributed by atoms with van der Waals surface area (Å²) in [7, 11) is 1.92. The highest BCUT2D eigenvalue weighted by Crippen LogP contribution is 2.06. The fourth-order valence-electron chi connectivity index (χ4n) is 0.720. The molecule has 1 N–H and O–H groups in total. The first-order chi connectivity index (χ1) is 5.74. The minimum Gasteiger partial charge on any atom is -0.388 e. The topological polar surface area (TPSA) is 35.8 Å². The number of hydrogen-bond donors (Lipinski definition) is 1. The minimum atomic E-state index is 1.17. The van der Waals surface area contributed by atoms with E-state index in [2.05, 4.69) is 36.5 Å². The number of anilines is 1. The molecule has 0 aromatic heterocycles. The molecule has 0 fully saturated rings. The number of aryl methyl sites for hydroxylation is 1. The Labute approximate surface area is 73.8 Å². The molecule has 64 valence electrons. The van der Waals surface area contributed by atoms with E-state index in [4.69, 9.17) is 5.26 Å². The Kier molecular flexibility index (Phi) is 5.46. The van der Waals surface area contributed by atoms with Crippen LogP contribution in [0, 0.1) is 18.3 Å². The van der Waals surface area contributed by atoms with Crippen LogP contribution in [-0.2, 0) is 0 Å². The molecule has 0 radical (unpaired) electrons. The Hall–Kier alpha value is -1.49. The molecular formula is C10H14N2. The van der Waals surface area contributed by atoms with Crippen LogP contribution in [0.5, 0.6) is 0 Å². The molecule has 0 aliphatic rings. The zero-order chi connectivity index (χ0) is 9.40. The van der Waals surface area contributed by atoms with Gasteiger partial charge in [-0.1, -0.05) is 17.7 Å². The summed E-state index contributed by atoms with van der Waals surface area (Å²) >= 11 is 0. The van der Waals surface area contributed by atoms with Gasteiger partial charge in [-0.05, 0) is 19.1 Å². The summed E-state index contributed by atoms with van der Waals surface area (Å²) in [5.74, 6) is 0. The molecule has 0 saturated carbocycles. The maximum atomic E-state index is 7.32. The quantitative estimate of drug-likeness (QED) is 0.688. The second kappa shape index (κ2) is 6.23. The molecule has 12 heavy (non-hydrogen) atoms. The number of nitrogens with one attached hydrogen (secondary N) is 1. The van der Waals surface area contributed by atoms with Gasteiger partial charge in [-0.25, -0.2) is 0 Å². The van der Waals surface area contributed by atoms with Gasteiger partial charge in [0, 0.05) is 19.7 Å². The Bertz CT molecular complexity index is 244. The van der Waals surface area contributed by atoms with Crippen LogP contribution in [0.3, 0.4) is 0 Å². The number of benzene rings is 1. The fraction of sp³-hybridized carbons (Fsp3) is 0.300. The van der Waals surface area contributed by atoms with Crippen LogP contribution in [0.1, 0.15) is 12.5 Å². The molecule has 1 aromatic carbocycles. The van der Waals surface area contributed by atoms with Crippen molar-refractivity contribution in [2.24, 2.45) is 0 Å². The molecule has 2 heteroatoms. The third kappa shape index (κ3) is 4.35. The zero-order valence-electron chi connectivity index (χ0n) is 7.76. The van der Waals surface area contributed by atoms with Crippen LogP contribution in [-0.4, -0.2) is 7.05 Å². The van der Waals surface area contributed by atoms with Gasteiger partial charge in [-0.2, -0.15) is 5.26 Å². The van der Waals surface area contributed by atoms with Crippen molar-refractivity contribution in [3.05, 3.63) is 29.8 Å². The lowest BCUT2D eigenvalue weighted by atomic mass is 10.2. The van der Waals surface area contributed by atoms with Gasteiger partial charge in [0.15, 0.2) is 0 Å². The molecular weight excluding hydrogens is 148 g/mol. The molecule has 2 nitrogen and oxygen atoms in total. The van der Waals surface area contributed by atoms with Crippen molar-refractivity contribution in [1.29, 1.82) is 5.26 Å². The molecule has 0 unspecified atom stereocenters. The lowest BCUT2D eigenvalue weighted by Gasteiger charge is -1.97. The Morgan fingerprint density at radius 3 is 2.00 bits per heavy atom. The molecule has 0 spiro atoms. The summed E-state index contributed by atoms with van der Waals surface area (Å²) in [5.41, 5.74) is 2.47. The van der Waals surface area contributed by atoms with Gasteiger partial charge >= 0.3 is 0 Å². The number of nitriles is 1. The molecule has 1 rings (SSSR count). The van der Waals surface area contributed by atoms with Gasteiger partial charge in [-0.15, -0.1) is 0 Å². The minimum absolute atomic E-state index is 1.17. The van der Waals surface area contributed by atoms with Crippen molar-refractivity contribution in [3.8, 4) is 6.07 Å². The summed E-state index contributed by atoms with van der Waals surface area (Å²) in [6, 6.07) is 10.1. The lowest BCUT2D eigenvalue weighted by Crippen LogP contribution is -1.85. The van der Waals surface area contributed by atoms with Gasteiger partial charge in [0.05, 0.1) is 6.07 Å². The SMILES string of the molecule is CC#N.CNc1ccc(C)cc1. The van der Waals surface area contributed by atoms with Crippen molar-refractivity contribution >= 4 is 5.69 Å². The summed E-state index contributed by atoms with van der Waals surface area (Å²) < 4.78 is 0. The molecule has 0 aliphatic carbocycles. The summed E-state index contributed by atoms with van der Waals surface area (Å²) in [6.45, 7) is 3.51. The van der Waals surface area contributed by atoms with E-state index < -0.39 is 0 Å². The van der Waals surface area contributed by atoms with E-state index in [1.165, 1.54) is 18.2 Å². The van der Waals surface area contributed by atoms with Crippen LogP contribution in [0.2, 0.25) is 0 Å². The highest BCUT2D eigenvalue weighted by Gasteiger charge is 1.83. The number of hydrogen-bond acceptors (Lipinski definition) is 2. The lowest BCUT2D eigenvalue weighted by molar-refractivity contribution is 1.44. The van der Waals surface area contributed by atoms with E-state index in [1.807, 2.05) is 7.05 Å². The average Bonchev–Trinajstić information content (AvgIpc) is 2.07. The predicted octanol–water partition coefficient (Wildman–Crippen LogP) is 2.57. The number of nitrogens with zero attached hydrogens (tertiary/aromatic N) is 1. The van der Waals surface area contributed by atoms with E-state index in [0.29, 0.717) is 0 Å². The third-order valence-electron chi connectivity index (χ3n) is 1.34. The van der Waals surface area contributed by atoms with Gasteiger partial charge in [-0.3, -0.25) is 0 Å². The summed E-state index contributed by atoms with van der Waals surface area (Å²) in [4.78, 5) is 0. The van der Waals surface area contributed by atoms with Crippen LogP contribution in [0.4, 0.5) is 5.69 Å². The maximum Gasteiger partial charge on any atom is 0.0587 e. The Morgan fingerprint density at radius 1 is 1.25 bits per heavy atom. The first-order valence-electron chi connectivity index (χ1n) is 3.79. The van der Waals surface area contributed by atoms with E-state index >= 15 is 0 Å². The predicted molar refractivity (Wildman–Crippen MR) is 52.0 cm³/mol. The van der Waals surface area contributed by atoms with E-state index in [0.717, 1.165) is 0 Å². The molecule has 0 atom stereocenters. The normalized spacial score (nSPS) is 7.50. The second-order valence-electron chi connectivity index (χ2n) is 2.34. The highest BCUT2D eigenvalue weighted by atomic mass is 14.8. The maximum absolute atomic E-state index is 7.32. The van der Waals surface area contributed by atoms with E-state index in [1.54, 1.807) is 6.07 Å². The molecule has 0 heterocycles. The molecule has 0 saturated heterocycles. The van der Waals surface area contributed by atoms with Gasteiger partial charge in [0.1, 0.15) is 0 Å². The van der Waals surface area contributed by atoms with Crippen LogP contribution in [0.15, 0.2) is 24.3 Å². The Balaban J connectivity index is 0.000000354. The first-order valence-corrected chi connectivity index (χ1v) is 3.79. The Morgan fingerprint density at radius 2 is 1.67 bits per heavy atom. The summed E-state index contributed by atoms with van der Waals surface area (Å²) in [5, 5.41) is 10.4. The molecule has 0 aliphatic heterocycles. The second-order valence-corrected chi connectivity index (χ2v) is 2.34. The third-order valence-corrected chi connectivity index (χ3v) is 1.34. The largest absolute Gasteiger partial charge is 0.388 e. The van der Waals surface area contributed by atoms with Gasteiger partial charge < -0.3 is 5.32 Å². The fourth-order valence-corrected chi connectivity index (χ4v) is 0.720. The first kappa shape index (κ1) is 10.5. The van der Waals surface area contributed by atoms with Crippen molar-refractivity contribution in [1.82, 2.24) is 0 Å². The van der Waals surface area contributed by atoms with Gasteiger partial charge in [0.25, 0.3) is 0 Å². The number of rotatable bonds is 1. The molecule has 0 bridgehead atoms. The molecule has 0 amide bonds. The standard InChI is InChI=1S/C8H11N.C2H3N/c1-7-3-5-8(9-2)6-4-7;1-2-3/h3-6,9H,1-2H3;1H3. The summed E-state index contributed by atoms with van der Waals surface area (Å²) in [6.07, 6.45) is 0. The van der Waals surface area contributed by atoms with Crippen molar-refractivity contribution < 1.29 is 0 Å². The van der Waals surface area contributed by atoms with Crippen molar-refractivity contribution in [3.63, 3.8) is 0 Å². The van der Waals surface area contributed by atoms with Crippen molar-refractivity contribution in [2.45, 2.75) is 13.8 Å². The average molecular weight is 162 g/mol. The highest BCUT2D eigenvalue weighted by molar-refractivity contribution is 5.43. The smallest absolute Gasteiger partial charge is 0.0587 e. The van der Waals surface area contributed by atoms with E-state index in [-0.39, 0.29) is 0 Å². The van der Waals surface area contributed by atoms with Crippen LogP contribution >= 0.6 is 0 Å². The van der Waals surface area contributed by atoms with Gasteiger partial charge in [0.2, 0.25) is 0 Å². The van der Waals surface area contributed by atoms with Crippen molar-refractivity contribution in [2.75, 3.05) is 12.4 Å². The van der Waals surface area contributed by atoms with Crippen LogP contribution < -0.4 is 5.32 Å². The monoisotopic (exact) mass is 162 g/mol. The van der Waals surface area contributed by atoms with E-state index in [9.17, 15) is 0 Å². The van der Waals surface area contributed by atoms with Crippen LogP contribution in [0.25, 0.3) is 0 Å².